The first-order valence-electron chi connectivity index (χ1n) is 9.63. The third kappa shape index (κ3) is 2.59. The highest BCUT2D eigenvalue weighted by Crippen LogP contribution is 2.50. The number of nitrogens with zero attached hydrogens (tertiary/aromatic N) is 3. The monoisotopic (exact) mass is 357 g/mol. The fourth-order valence-corrected chi connectivity index (χ4v) is 4.30. The molecule has 0 spiro atoms. The molecule has 4 heteroatoms. The maximum atomic E-state index is 13.2. The van der Waals surface area contributed by atoms with E-state index in [4.69, 9.17) is 0 Å². The third-order valence-electron chi connectivity index (χ3n) is 6.01. The molecule has 1 aromatic heterocycles. The van der Waals surface area contributed by atoms with E-state index in [0.29, 0.717) is 11.9 Å². The first-order chi connectivity index (χ1) is 13.2. The Balaban J connectivity index is 1.35. The molecule has 1 aliphatic carbocycles. The number of likely N-dealkylation sites (tertiary alicyclic amines) is 1. The summed E-state index contributed by atoms with van der Waals surface area (Å²) >= 11 is 0. The van der Waals surface area contributed by atoms with E-state index in [2.05, 4.69) is 40.7 Å². The highest BCUT2D eigenvalue weighted by molar-refractivity contribution is 5.92. The number of amides is 1. The molecule has 2 fully saturated rings. The number of aromatic nitrogens is 2. The van der Waals surface area contributed by atoms with E-state index in [0.717, 1.165) is 43.0 Å². The van der Waals surface area contributed by atoms with Gasteiger partial charge in [0.1, 0.15) is 5.82 Å². The second kappa shape index (κ2) is 6.08. The van der Waals surface area contributed by atoms with Gasteiger partial charge in [-0.2, -0.15) is 0 Å². The van der Waals surface area contributed by atoms with Crippen molar-refractivity contribution in [2.45, 2.75) is 31.2 Å². The highest BCUT2D eigenvalue weighted by Gasteiger charge is 2.54. The minimum Gasteiger partial charge on any atom is -0.338 e. The van der Waals surface area contributed by atoms with Gasteiger partial charge in [-0.3, -0.25) is 4.79 Å². The molecule has 0 bridgehead atoms. The summed E-state index contributed by atoms with van der Waals surface area (Å²) in [5.74, 6) is 1.29. The van der Waals surface area contributed by atoms with Gasteiger partial charge in [-0.15, -0.1) is 0 Å². The van der Waals surface area contributed by atoms with Gasteiger partial charge in [-0.05, 0) is 25.3 Å². The average molecular weight is 357 g/mol. The fraction of sp³-hybridized carbons (Fsp3) is 0.304. The lowest BCUT2D eigenvalue weighted by molar-refractivity contribution is -0.139. The molecule has 1 saturated carbocycles. The maximum Gasteiger partial charge on any atom is 0.233 e. The molecule has 2 heterocycles. The quantitative estimate of drug-likeness (QED) is 0.708. The van der Waals surface area contributed by atoms with E-state index in [1.807, 2.05) is 47.5 Å². The molecule has 3 aromatic rings. The lowest BCUT2D eigenvalue weighted by Gasteiger charge is -2.43. The van der Waals surface area contributed by atoms with Crippen LogP contribution in [0.4, 0.5) is 0 Å². The van der Waals surface area contributed by atoms with Gasteiger partial charge in [0.05, 0.1) is 11.5 Å². The molecule has 1 aliphatic heterocycles. The first-order valence-corrected chi connectivity index (χ1v) is 9.63. The third-order valence-corrected chi connectivity index (χ3v) is 6.01. The molecule has 27 heavy (non-hydrogen) atoms. The van der Waals surface area contributed by atoms with Crippen molar-refractivity contribution >= 4 is 5.91 Å². The Kier molecular flexibility index (Phi) is 3.67. The van der Waals surface area contributed by atoms with E-state index in [1.165, 1.54) is 5.56 Å². The largest absolute Gasteiger partial charge is 0.338 e. The van der Waals surface area contributed by atoms with Gasteiger partial charge >= 0.3 is 0 Å². The minimum absolute atomic E-state index is 0.265. The Morgan fingerprint density at radius 1 is 1.00 bits per heavy atom. The summed E-state index contributed by atoms with van der Waals surface area (Å²) in [6.45, 7) is 3.63. The Hall–Kier alpha value is -2.88. The van der Waals surface area contributed by atoms with Gasteiger partial charge in [0.15, 0.2) is 0 Å². The zero-order valence-corrected chi connectivity index (χ0v) is 15.5. The molecule has 2 aromatic carbocycles. The summed E-state index contributed by atoms with van der Waals surface area (Å²) in [4.78, 5) is 19.8. The first kappa shape index (κ1) is 16.3. The Labute approximate surface area is 159 Å². The topological polar surface area (TPSA) is 38.1 Å². The van der Waals surface area contributed by atoms with Gasteiger partial charge < -0.3 is 9.47 Å². The van der Waals surface area contributed by atoms with Gasteiger partial charge in [0, 0.05) is 30.5 Å². The van der Waals surface area contributed by atoms with Crippen LogP contribution in [0.1, 0.15) is 30.1 Å². The summed E-state index contributed by atoms with van der Waals surface area (Å²) in [5.41, 5.74) is 3.18. The summed E-state index contributed by atoms with van der Waals surface area (Å²) in [7, 11) is 0. The SMILES string of the molecule is Cc1cnc(-c2ccccc2)n1C1CN(C(=O)C2(c3ccccc3)CC2)C1. The summed E-state index contributed by atoms with van der Waals surface area (Å²) in [6.07, 6.45) is 3.87. The standard InChI is InChI=1S/C23H23N3O/c1-17-14-24-21(18-8-4-2-5-9-18)26(17)20-15-25(16-20)22(27)23(12-13-23)19-10-6-3-7-11-19/h2-11,14,20H,12-13,15-16H2,1H3. The smallest absolute Gasteiger partial charge is 0.233 e. The highest BCUT2D eigenvalue weighted by atomic mass is 16.2. The number of carbonyl (C=O) groups excluding carboxylic acids is 1. The van der Waals surface area contributed by atoms with Crippen molar-refractivity contribution < 1.29 is 4.79 Å². The van der Waals surface area contributed by atoms with Gasteiger partial charge in [-0.1, -0.05) is 60.7 Å². The molecule has 5 rings (SSSR count). The van der Waals surface area contributed by atoms with E-state index >= 15 is 0 Å². The van der Waals surface area contributed by atoms with E-state index in [9.17, 15) is 4.79 Å². The van der Waals surface area contributed by atoms with Crippen LogP contribution in [-0.4, -0.2) is 33.4 Å². The predicted molar refractivity (Wildman–Crippen MR) is 105 cm³/mol. The molecular weight excluding hydrogens is 334 g/mol. The number of hydrogen-bond donors (Lipinski definition) is 0. The average Bonchev–Trinajstić information content (AvgIpc) is 3.41. The van der Waals surface area contributed by atoms with Crippen molar-refractivity contribution in [3.05, 3.63) is 78.1 Å². The predicted octanol–water partition coefficient (Wildman–Crippen LogP) is 3.97. The number of aryl methyl sites for hydroxylation is 1. The van der Waals surface area contributed by atoms with Gasteiger partial charge in [0.2, 0.25) is 5.91 Å². The number of rotatable bonds is 4. The lowest BCUT2D eigenvalue weighted by atomic mass is 9.92. The molecule has 4 nitrogen and oxygen atoms in total. The van der Waals surface area contributed by atoms with Crippen LogP contribution in [0.25, 0.3) is 11.4 Å². The van der Waals surface area contributed by atoms with Gasteiger partial charge in [-0.25, -0.2) is 4.98 Å². The van der Waals surface area contributed by atoms with Crippen molar-refractivity contribution in [2.24, 2.45) is 0 Å². The number of carbonyl (C=O) groups is 1. The van der Waals surface area contributed by atoms with Crippen molar-refractivity contribution in [1.82, 2.24) is 14.5 Å². The van der Waals surface area contributed by atoms with Crippen molar-refractivity contribution in [1.29, 1.82) is 0 Å². The molecule has 2 aliphatic rings. The Morgan fingerprint density at radius 3 is 2.26 bits per heavy atom. The molecule has 0 atom stereocenters. The molecule has 0 radical (unpaired) electrons. The number of benzene rings is 2. The molecule has 0 N–H and O–H groups in total. The Bertz CT molecular complexity index is 967. The zero-order chi connectivity index (χ0) is 18.4. The molecule has 136 valence electrons. The van der Waals surface area contributed by atoms with E-state index in [-0.39, 0.29) is 5.41 Å². The van der Waals surface area contributed by atoms with Crippen LogP contribution in [-0.2, 0) is 10.2 Å². The Morgan fingerprint density at radius 2 is 1.63 bits per heavy atom. The second-order valence-corrected chi connectivity index (χ2v) is 7.77. The number of hydrogen-bond acceptors (Lipinski definition) is 2. The zero-order valence-electron chi connectivity index (χ0n) is 15.5. The van der Waals surface area contributed by atoms with Crippen LogP contribution in [0, 0.1) is 6.92 Å². The minimum atomic E-state index is -0.265. The molecule has 1 saturated heterocycles. The molecular formula is C23H23N3O. The van der Waals surface area contributed by atoms with Crippen LogP contribution in [0.3, 0.4) is 0 Å². The van der Waals surface area contributed by atoms with Crippen LogP contribution in [0.2, 0.25) is 0 Å². The fourth-order valence-electron chi connectivity index (χ4n) is 4.30. The van der Waals surface area contributed by atoms with Crippen molar-refractivity contribution in [2.75, 3.05) is 13.1 Å². The summed E-state index contributed by atoms with van der Waals surface area (Å²) in [6, 6.07) is 20.8. The maximum absolute atomic E-state index is 13.2. The van der Waals surface area contributed by atoms with E-state index < -0.39 is 0 Å². The summed E-state index contributed by atoms with van der Waals surface area (Å²) in [5, 5.41) is 0. The summed E-state index contributed by atoms with van der Waals surface area (Å²) < 4.78 is 2.29. The number of imidazole rings is 1. The van der Waals surface area contributed by atoms with Crippen LogP contribution >= 0.6 is 0 Å². The van der Waals surface area contributed by atoms with Gasteiger partial charge in [0.25, 0.3) is 0 Å². The normalized spacial score (nSPS) is 18.2. The molecule has 0 unspecified atom stereocenters. The molecule has 1 amide bonds. The van der Waals surface area contributed by atoms with Crippen molar-refractivity contribution in [3.8, 4) is 11.4 Å². The van der Waals surface area contributed by atoms with Crippen LogP contribution in [0.5, 0.6) is 0 Å². The van der Waals surface area contributed by atoms with Crippen LogP contribution in [0.15, 0.2) is 66.9 Å². The van der Waals surface area contributed by atoms with Crippen LogP contribution < -0.4 is 0 Å². The van der Waals surface area contributed by atoms with E-state index in [1.54, 1.807) is 0 Å². The lowest BCUT2D eigenvalue weighted by Crippen LogP contribution is -2.54. The second-order valence-electron chi connectivity index (χ2n) is 7.77. The van der Waals surface area contributed by atoms with Crippen molar-refractivity contribution in [3.63, 3.8) is 0 Å².